The SMILES string of the molecule is CCCS(=O)(=O)N1CCCCC1C(=O)NCc1cccc(CN2CCN(C)CC2)c1. The zero-order chi connectivity index (χ0) is 21.6. The molecule has 0 aliphatic carbocycles. The summed E-state index contributed by atoms with van der Waals surface area (Å²) in [7, 11) is -1.22. The molecule has 0 bridgehead atoms. The number of benzene rings is 1. The van der Waals surface area contributed by atoms with Crippen LogP contribution in [0, 0.1) is 0 Å². The van der Waals surface area contributed by atoms with Gasteiger partial charge in [-0.15, -0.1) is 0 Å². The smallest absolute Gasteiger partial charge is 0.238 e. The highest BCUT2D eigenvalue weighted by molar-refractivity contribution is 7.89. The summed E-state index contributed by atoms with van der Waals surface area (Å²) in [6, 6.07) is 7.74. The first-order valence-corrected chi connectivity index (χ1v) is 12.8. The minimum atomic E-state index is -3.37. The van der Waals surface area contributed by atoms with Crippen molar-refractivity contribution in [2.75, 3.05) is 45.5 Å². The monoisotopic (exact) mass is 436 g/mol. The van der Waals surface area contributed by atoms with Gasteiger partial charge in [0, 0.05) is 45.8 Å². The molecule has 2 fully saturated rings. The molecule has 0 aromatic heterocycles. The summed E-state index contributed by atoms with van der Waals surface area (Å²) in [4.78, 5) is 17.6. The van der Waals surface area contributed by atoms with Gasteiger partial charge in [0.05, 0.1) is 5.75 Å². The number of piperidine rings is 1. The lowest BCUT2D eigenvalue weighted by Crippen LogP contribution is -2.52. The highest BCUT2D eigenvalue weighted by Gasteiger charge is 2.35. The van der Waals surface area contributed by atoms with Gasteiger partial charge in [-0.25, -0.2) is 8.42 Å². The van der Waals surface area contributed by atoms with E-state index in [1.54, 1.807) is 0 Å². The molecule has 0 saturated carbocycles. The van der Waals surface area contributed by atoms with Crippen LogP contribution in [-0.2, 0) is 27.9 Å². The second kappa shape index (κ2) is 10.7. The fraction of sp³-hybridized carbons (Fsp3) is 0.682. The molecule has 2 saturated heterocycles. The van der Waals surface area contributed by atoms with Gasteiger partial charge in [0.25, 0.3) is 0 Å². The molecule has 1 aromatic carbocycles. The molecule has 8 heteroatoms. The van der Waals surface area contributed by atoms with Gasteiger partial charge < -0.3 is 10.2 Å². The van der Waals surface area contributed by atoms with Gasteiger partial charge in [-0.3, -0.25) is 9.69 Å². The Morgan fingerprint density at radius 2 is 1.83 bits per heavy atom. The van der Waals surface area contributed by atoms with Crippen LogP contribution in [-0.4, -0.2) is 80.0 Å². The van der Waals surface area contributed by atoms with Crippen LogP contribution in [0.2, 0.25) is 0 Å². The summed E-state index contributed by atoms with van der Waals surface area (Å²) in [5, 5.41) is 2.98. The normalized spacial score (nSPS) is 22.1. The van der Waals surface area contributed by atoms with Gasteiger partial charge in [-0.05, 0) is 37.4 Å². The highest BCUT2D eigenvalue weighted by atomic mass is 32.2. The van der Waals surface area contributed by atoms with E-state index in [9.17, 15) is 13.2 Å². The molecule has 2 aliphatic rings. The largest absolute Gasteiger partial charge is 0.351 e. The van der Waals surface area contributed by atoms with Gasteiger partial charge >= 0.3 is 0 Å². The van der Waals surface area contributed by atoms with E-state index in [1.807, 2.05) is 19.1 Å². The van der Waals surface area contributed by atoms with E-state index < -0.39 is 16.1 Å². The van der Waals surface area contributed by atoms with Crippen molar-refractivity contribution < 1.29 is 13.2 Å². The molecule has 30 heavy (non-hydrogen) atoms. The number of sulfonamides is 1. The number of rotatable bonds is 8. The van der Waals surface area contributed by atoms with E-state index in [4.69, 9.17) is 0 Å². The van der Waals surface area contributed by atoms with Crippen LogP contribution >= 0.6 is 0 Å². The summed E-state index contributed by atoms with van der Waals surface area (Å²) >= 11 is 0. The van der Waals surface area contributed by atoms with Gasteiger partial charge in [0.1, 0.15) is 6.04 Å². The molecule has 1 aromatic rings. The molecular weight excluding hydrogens is 400 g/mol. The first-order chi connectivity index (χ1) is 14.4. The molecule has 1 amide bonds. The molecule has 3 rings (SSSR count). The van der Waals surface area contributed by atoms with Crippen LogP contribution in [0.4, 0.5) is 0 Å². The first kappa shape index (κ1) is 23.2. The second-order valence-electron chi connectivity index (χ2n) is 8.56. The molecule has 7 nitrogen and oxygen atoms in total. The lowest BCUT2D eigenvalue weighted by molar-refractivity contribution is -0.125. The van der Waals surface area contributed by atoms with Gasteiger partial charge in [0.2, 0.25) is 15.9 Å². The van der Waals surface area contributed by atoms with Crippen LogP contribution in [0.3, 0.4) is 0 Å². The quantitative estimate of drug-likeness (QED) is 0.671. The van der Waals surface area contributed by atoms with Crippen LogP contribution < -0.4 is 5.32 Å². The van der Waals surface area contributed by atoms with Crippen molar-refractivity contribution in [2.24, 2.45) is 0 Å². The third kappa shape index (κ3) is 6.26. The van der Waals surface area contributed by atoms with Crippen molar-refractivity contribution in [2.45, 2.75) is 51.7 Å². The number of nitrogens with one attached hydrogen (secondary N) is 1. The minimum absolute atomic E-state index is 0.102. The molecule has 2 aliphatic heterocycles. The summed E-state index contributed by atoms with van der Waals surface area (Å²) in [5.41, 5.74) is 2.30. The number of likely N-dealkylation sites (N-methyl/N-ethyl adjacent to an activating group) is 1. The van der Waals surface area contributed by atoms with Crippen LogP contribution in [0.1, 0.15) is 43.7 Å². The summed E-state index contributed by atoms with van der Waals surface area (Å²) in [6.45, 7) is 7.97. The number of carbonyl (C=O) groups excluding carboxylic acids is 1. The molecule has 0 spiro atoms. The Balaban J connectivity index is 1.57. The average Bonchev–Trinajstić information content (AvgIpc) is 2.74. The third-order valence-corrected chi connectivity index (χ3v) is 8.11. The summed E-state index contributed by atoms with van der Waals surface area (Å²) in [5.74, 6) is -0.0793. The van der Waals surface area contributed by atoms with Crippen LogP contribution in [0.15, 0.2) is 24.3 Å². The van der Waals surface area contributed by atoms with E-state index in [2.05, 4.69) is 34.3 Å². The molecule has 1 unspecified atom stereocenters. The van der Waals surface area contributed by atoms with E-state index in [-0.39, 0.29) is 11.7 Å². The van der Waals surface area contributed by atoms with Crippen LogP contribution in [0.25, 0.3) is 0 Å². The van der Waals surface area contributed by atoms with Crippen LogP contribution in [0.5, 0.6) is 0 Å². The Hall–Kier alpha value is -1.48. The zero-order valence-corrected chi connectivity index (χ0v) is 19.2. The lowest BCUT2D eigenvalue weighted by atomic mass is 10.0. The predicted molar refractivity (Wildman–Crippen MR) is 119 cm³/mol. The molecular formula is C22H36N4O3S. The lowest BCUT2D eigenvalue weighted by Gasteiger charge is -2.33. The number of piperazine rings is 1. The topological polar surface area (TPSA) is 73.0 Å². The van der Waals surface area contributed by atoms with E-state index in [0.717, 1.165) is 51.1 Å². The molecule has 0 radical (unpaired) electrons. The second-order valence-corrected chi connectivity index (χ2v) is 10.6. The van der Waals surface area contributed by atoms with Gasteiger partial charge in [-0.2, -0.15) is 4.31 Å². The van der Waals surface area contributed by atoms with Crippen molar-refractivity contribution in [3.8, 4) is 0 Å². The molecule has 1 N–H and O–H groups in total. The molecule has 168 valence electrons. The standard InChI is InChI=1S/C22H36N4O3S/c1-3-15-30(28,29)26-10-5-4-9-21(26)22(27)23-17-19-7-6-8-20(16-19)18-25-13-11-24(2)12-14-25/h6-8,16,21H,3-5,9-15,17-18H2,1-2H3,(H,23,27). The molecule has 1 atom stereocenters. The maximum atomic E-state index is 12.8. The van der Waals surface area contributed by atoms with E-state index >= 15 is 0 Å². The van der Waals surface area contributed by atoms with Gasteiger partial charge in [-0.1, -0.05) is 37.6 Å². The number of hydrogen-bond donors (Lipinski definition) is 1. The Labute approximate surface area is 181 Å². The summed E-state index contributed by atoms with van der Waals surface area (Å²) < 4.78 is 26.6. The Morgan fingerprint density at radius 3 is 2.57 bits per heavy atom. The average molecular weight is 437 g/mol. The van der Waals surface area contributed by atoms with Crippen molar-refractivity contribution in [3.63, 3.8) is 0 Å². The number of amides is 1. The maximum Gasteiger partial charge on any atom is 0.238 e. The number of nitrogens with zero attached hydrogens (tertiary/aromatic N) is 3. The van der Waals surface area contributed by atoms with Crippen molar-refractivity contribution in [1.82, 2.24) is 19.4 Å². The van der Waals surface area contributed by atoms with Gasteiger partial charge in [0.15, 0.2) is 0 Å². The number of carbonyl (C=O) groups is 1. The third-order valence-electron chi connectivity index (χ3n) is 6.04. The first-order valence-electron chi connectivity index (χ1n) is 11.1. The Bertz CT molecular complexity index is 806. The number of hydrogen-bond acceptors (Lipinski definition) is 5. The molecule has 2 heterocycles. The van der Waals surface area contributed by atoms with E-state index in [0.29, 0.717) is 25.9 Å². The predicted octanol–water partition coefficient (Wildman–Crippen LogP) is 1.64. The van der Waals surface area contributed by atoms with E-state index in [1.165, 1.54) is 9.87 Å². The Kier molecular flexibility index (Phi) is 8.27. The Morgan fingerprint density at radius 1 is 1.10 bits per heavy atom. The van der Waals surface area contributed by atoms with Crippen molar-refractivity contribution >= 4 is 15.9 Å². The zero-order valence-electron chi connectivity index (χ0n) is 18.3. The highest BCUT2D eigenvalue weighted by Crippen LogP contribution is 2.21. The fourth-order valence-electron chi connectivity index (χ4n) is 4.28. The summed E-state index contributed by atoms with van der Waals surface area (Å²) in [6.07, 6.45) is 2.86. The minimum Gasteiger partial charge on any atom is -0.351 e. The van der Waals surface area contributed by atoms with Crippen molar-refractivity contribution in [3.05, 3.63) is 35.4 Å². The fourth-order valence-corrected chi connectivity index (χ4v) is 6.03. The maximum absolute atomic E-state index is 12.8. The van der Waals surface area contributed by atoms with Crippen molar-refractivity contribution in [1.29, 1.82) is 0 Å².